The molecule has 0 bridgehead atoms. The molecule has 4 nitrogen and oxygen atoms in total. The lowest BCUT2D eigenvalue weighted by Crippen LogP contribution is -3.11. The Kier molecular flexibility index (Phi) is 6.20. The number of fused-ring (bicyclic) bond motifs is 2. The number of quaternary nitrogens is 1. The Balaban J connectivity index is 0.000000277. The molecule has 0 amide bonds. The predicted molar refractivity (Wildman–Crippen MR) is 93.7 cm³/mol. The van der Waals surface area contributed by atoms with Gasteiger partial charge in [-0.1, -0.05) is 0 Å². The fourth-order valence-electron chi connectivity index (χ4n) is 2.76. The van der Waals surface area contributed by atoms with Gasteiger partial charge in [-0.3, -0.25) is 4.79 Å². The van der Waals surface area contributed by atoms with Crippen LogP contribution in [0.4, 0.5) is 14.5 Å². The smallest absolute Gasteiger partial charge is 0.214 e. The number of aliphatic imine (C=N–C) groups is 1. The molecule has 1 aromatic carbocycles. The predicted octanol–water partition coefficient (Wildman–Crippen LogP) is 2.45. The summed E-state index contributed by atoms with van der Waals surface area (Å²) < 4.78 is 26.3. The summed E-state index contributed by atoms with van der Waals surface area (Å²) in [7, 11) is 0. The molecule has 1 aliphatic carbocycles. The minimum absolute atomic E-state index is 0.317. The number of rotatable bonds is 3. The maximum atomic E-state index is 13.2. The van der Waals surface area contributed by atoms with Crippen molar-refractivity contribution in [1.82, 2.24) is 0 Å². The van der Waals surface area contributed by atoms with Crippen LogP contribution in [0.1, 0.15) is 26.3 Å². The van der Waals surface area contributed by atoms with Crippen molar-refractivity contribution in [2.75, 3.05) is 19.6 Å². The highest BCUT2D eigenvalue weighted by Crippen LogP contribution is 2.34. The fourth-order valence-corrected chi connectivity index (χ4v) is 2.76. The Hall–Kier alpha value is -2.34. The summed E-state index contributed by atoms with van der Waals surface area (Å²) in [4.78, 5) is 17.0. The zero-order valence-corrected chi connectivity index (χ0v) is 14.7. The van der Waals surface area contributed by atoms with Crippen LogP contribution in [-0.2, 0) is 11.2 Å². The van der Waals surface area contributed by atoms with Crippen molar-refractivity contribution in [1.29, 1.82) is 0 Å². The molecule has 0 saturated heterocycles. The van der Waals surface area contributed by atoms with Crippen LogP contribution in [-0.4, -0.2) is 36.2 Å². The second-order valence-electron chi connectivity index (χ2n) is 5.94. The second-order valence-corrected chi connectivity index (χ2v) is 5.94. The minimum atomic E-state index is -0.875. The maximum Gasteiger partial charge on any atom is 0.214 e. The van der Waals surface area contributed by atoms with Gasteiger partial charge in [0.1, 0.15) is 0 Å². The van der Waals surface area contributed by atoms with Gasteiger partial charge >= 0.3 is 0 Å². The standard InChI is InChI=1S/C13H7F2NO2.C6H15N/c14-8-4-10-6(2-12(8)17)1-7-3-13(18)9(15)5-11(7)16-10;1-4-7(5-2)6-3/h2-5,17H,1H2;4-6H2,1-3H3/p+1. The van der Waals surface area contributed by atoms with E-state index in [0.29, 0.717) is 29.0 Å². The molecule has 0 fully saturated rings. The van der Waals surface area contributed by atoms with Crippen molar-refractivity contribution in [3.8, 4) is 5.75 Å². The van der Waals surface area contributed by atoms with Crippen molar-refractivity contribution < 1.29 is 23.6 Å². The second kappa shape index (κ2) is 8.16. The van der Waals surface area contributed by atoms with E-state index in [-0.39, 0.29) is 0 Å². The summed E-state index contributed by atoms with van der Waals surface area (Å²) in [6, 6.07) is 2.36. The summed E-state index contributed by atoms with van der Waals surface area (Å²) in [5.74, 6) is -2.81. The van der Waals surface area contributed by atoms with Gasteiger partial charge in [0.25, 0.3) is 0 Å². The third-order valence-electron chi connectivity index (χ3n) is 4.40. The van der Waals surface area contributed by atoms with Crippen molar-refractivity contribution in [2.45, 2.75) is 27.2 Å². The number of ketones is 1. The molecule has 1 aliphatic heterocycles. The summed E-state index contributed by atoms with van der Waals surface area (Å²) in [5.41, 5.74) is 1.84. The molecular weight excluding hydrogens is 326 g/mol. The number of phenols is 1. The van der Waals surface area contributed by atoms with E-state index in [4.69, 9.17) is 0 Å². The Morgan fingerprint density at radius 3 is 2.32 bits per heavy atom. The highest BCUT2D eigenvalue weighted by atomic mass is 19.1. The molecule has 0 atom stereocenters. The molecule has 0 aromatic heterocycles. The summed E-state index contributed by atoms with van der Waals surface area (Å²) >= 11 is 0. The van der Waals surface area contributed by atoms with Crippen LogP contribution >= 0.6 is 0 Å². The number of hydrogen-bond donors (Lipinski definition) is 2. The average molecular weight is 349 g/mol. The maximum absolute atomic E-state index is 13.2. The third kappa shape index (κ3) is 4.39. The highest BCUT2D eigenvalue weighted by Gasteiger charge is 2.24. The Bertz CT molecular complexity index is 757. The SMILES string of the molecule is CC[NH+](CC)CC.O=C1C=C2Cc3cc(O)c(F)cc3N=C2C=C1F. The number of nitrogens with one attached hydrogen (secondary N) is 1. The summed E-state index contributed by atoms with van der Waals surface area (Å²) in [5, 5.41) is 9.28. The van der Waals surface area contributed by atoms with Crippen LogP contribution in [0.3, 0.4) is 0 Å². The van der Waals surface area contributed by atoms with Gasteiger partial charge in [-0.15, -0.1) is 0 Å². The van der Waals surface area contributed by atoms with Crippen LogP contribution in [0, 0.1) is 5.82 Å². The van der Waals surface area contributed by atoms with Crippen molar-refractivity contribution in [3.05, 3.63) is 47.1 Å². The Morgan fingerprint density at radius 2 is 1.76 bits per heavy atom. The molecule has 0 saturated carbocycles. The van der Waals surface area contributed by atoms with E-state index in [0.717, 1.165) is 12.1 Å². The van der Waals surface area contributed by atoms with E-state index < -0.39 is 23.2 Å². The van der Waals surface area contributed by atoms with E-state index >= 15 is 0 Å². The first kappa shape index (κ1) is 19.0. The Labute approximate surface area is 146 Å². The first-order valence-corrected chi connectivity index (χ1v) is 8.45. The molecule has 0 unspecified atom stereocenters. The number of aromatic hydroxyl groups is 1. The van der Waals surface area contributed by atoms with E-state index in [9.17, 15) is 18.7 Å². The van der Waals surface area contributed by atoms with Crippen molar-refractivity contribution >= 4 is 17.2 Å². The van der Waals surface area contributed by atoms with Crippen LogP contribution in [0.25, 0.3) is 0 Å². The van der Waals surface area contributed by atoms with Crippen molar-refractivity contribution in [2.24, 2.45) is 4.99 Å². The number of allylic oxidation sites excluding steroid dienone is 4. The average Bonchev–Trinajstić information content (AvgIpc) is 2.58. The molecule has 134 valence electrons. The minimum Gasteiger partial charge on any atom is -0.505 e. The van der Waals surface area contributed by atoms with Gasteiger partial charge < -0.3 is 10.0 Å². The number of carbonyl (C=O) groups is 1. The number of phenolic OH excluding ortho intramolecular Hbond substituents is 1. The number of nitrogens with zero attached hydrogens (tertiary/aromatic N) is 1. The largest absolute Gasteiger partial charge is 0.505 e. The van der Waals surface area contributed by atoms with E-state index in [1.807, 2.05) is 0 Å². The van der Waals surface area contributed by atoms with Gasteiger partial charge in [0.05, 0.1) is 31.0 Å². The van der Waals surface area contributed by atoms with E-state index in [1.165, 1.54) is 31.8 Å². The van der Waals surface area contributed by atoms with Crippen LogP contribution in [0.15, 0.2) is 40.7 Å². The molecule has 3 rings (SSSR count). The third-order valence-corrected chi connectivity index (χ3v) is 4.40. The van der Waals surface area contributed by atoms with Crippen molar-refractivity contribution in [3.63, 3.8) is 0 Å². The van der Waals surface area contributed by atoms with Gasteiger partial charge in [-0.05, 0) is 44.1 Å². The molecule has 1 aromatic rings. The molecule has 0 spiro atoms. The quantitative estimate of drug-likeness (QED) is 0.824. The fraction of sp³-hybridized carbons (Fsp3) is 0.368. The van der Waals surface area contributed by atoms with E-state index in [2.05, 4.69) is 25.8 Å². The Morgan fingerprint density at radius 1 is 1.12 bits per heavy atom. The lowest BCUT2D eigenvalue weighted by molar-refractivity contribution is -0.894. The first-order chi connectivity index (χ1) is 11.9. The van der Waals surface area contributed by atoms with Gasteiger partial charge in [0.2, 0.25) is 5.78 Å². The summed E-state index contributed by atoms with van der Waals surface area (Å²) in [6.07, 6.45) is 2.54. The van der Waals surface area contributed by atoms with Crippen LogP contribution < -0.4 is 4.90 Å². The van der Waals surface area contributed by atoms with E-state index in [1.54, 1.807) is 4.90 Å². The van der Waals surface area contributed by atoms with Gasteiger partial charge in [-0.25, -0.2) is 13.8 Å². The zero-order chi connectivity index (χ0) is 18.6. The number of benzene rings is 1. The van der Waals surface area contributed by atoms with Gasteiger partial charge in [-0.2, -0.15) is 0 Å². The van der Waals surface area contributed by atoms with Gasteiger partial charge in [0, 0.05) is 18.6 Å². The molecule has 1 heterocycles. The number of halogens is 2. The number of hydrogen-bond acceptors (Lipinski definition) is 3. The molecule has 6 heteroatoms. The first-order valence-electron chi connectivity index (χ1n) is 8.45. The molecule has 2 N–H and O–H groups in total. The molecule has 0 radical (unpaired) electrons. The normalized spacial score (nSPS) is 15.4. The molecular formula is C19H23F2N2O2+. The monoisotopic (exact) mass is 349 g/mol. The molecule has 2 aliphatic rings. The van der Waals surface area contributed by atoms with Crippen LogP contribution in [0.2, 0.25) is 0 Å². The van der Waals surface area contributed by atoms with Gasteiger partial charge in [0.15, 0.2) is 17.4 Å². The van der Waals surface area contributed by atoms with Crippen LogP contribution in [0.5, 0.6) is 5.75 Å². The number of carbonyl (C=O) groups excluding carboxylic acids is 1. The zero-order valence-electron chi connectivity index (χ0n) is 14.7. The summed E-state index contributed by atoms with van der Waals surface area (Å²) in [6.45, 7) is 10.5. The topological polar surface area (TPSA) is 54.1 Å². The lowest BCUT2D eigenvalue weighted by atomic mass is 9.91. The lowest BCUT2D eigenvalue weighted by Gasteiger charge is -2.19. The molecule has 25 heavy (non-hydrogen) atoms. The highest BCUT2D eigenvalue weighted by molar-refractivity contribution is 6.22.